The lowest BCUT2D eigenvalue weighted by Gasteiger charge is -2.51. The van der Waals surface area contributed by atoms with Crippen molar-refractivity contribution in [3.8, 4) is 0 Å². The number of fused-ring (bicyclic) bond motifs is 1. The molecule has 0 aromatic heterocycles. The zero-order valence-electron chi connectivity index (χ0n) is 18.6. The van der Waals surface area contributed by atoms with Gasteiger partial charge in [-0.25, -0.2) is 0 Å². The Morgan fingerprint density at radius 1 is 1.03 bits per heavy atom. The second kappa shape index (κ2) is 8.01. The number of amides is 1. The number of nitrogens with zero attached hydrogens (tertiary/aromatic N) is 2. The Kier molecular flexibility index (Phi) is 5.71. The molecular formula is C26H33ClN2O. The van der Waals surface area contributed by atoms with Crippen LogP contribution < -0.4 is 4.90 Å². The molecule has 1 atom stereocenters. The van der Waals surface area contributed by atoms with Crippen molar-refractivity contribution in [2.24, 2.45) is 5.92 Å². The van der Waals surface area contributed by atoms with Crippen molar-refractivity contribution >= 4 is 23.2 Å². The summed E-state index contributed by atoms with van der Waals surface area (Å²) < 4.78 is 0. The number of likely N-dealkylation sites (tertiary alicyclic amines) is 1. The van der Waals surface area contributed by atoms with Crippen LogP contribution in [0.2, 0.25) is 5.02 Å². The third-order valence-electron chi connectivity index (χ3n) is 7.10. The number of rotatable bonds is 3. The van der Waals surface area contributed by atoms with Crippen molar-refractivity contribution in [3.05, 3.63) is 64.7 Å². The summed E-state index contributed by atoms with van der Waals surface area (Å²) in [6.07, 6.45) is 3.23. The van der Waals surface area contributed by atoms with Crippen molar-refractivity contribution in [2.45, 2.75) is 57.9 Å². The molecule has 160 valence electrons. The molecule has 4 rings (SSSR count). The number of hydrogen-bond acceptors (Lipinski definition) is 2. The van der Waals surface area contributed by atoms with Crippen LogP contribution in [0.1, 0.15) is 58.1 Å². The molecule has 2 heterocycles. The van der Waals surface area contributed by atoms with Crippen LogP contribution >= 0.6 is 11.6 Å². The first-order chi connectivity index (χ1) is 14.2. The minimum atomic E-state index is -0.289. The lowest BCUT2D eigenvalue weighted by atomic mass is 9.65. The number of benzene rings is 2. The number of carbonyl (C=O) groups excluding carboxylic acids is 1. The van der Waals surface area contributed by atoms with Crippen molar-refractivity contribution in [3.63, 3.8) is 0 Å². The number of halogens is 1. The molecule has 2 aliphatic rings. The summed E-state index contributed by atoms with van der Waals surface area (Å²) in [6, 6.07) is 16.6. The van der Waals surface area contributed by atoms with Gasteiger partial charge in [0.25, 0.3) is 0 Å². The second-order valence-corrected chi connectivity index (χ2v) is 10.5. The topological polar surface area (TPSA) is 23.6 Å². The Hall–Kier alpha value is -1.84. The molecule has 0 spiro atoms. The molecule has 2 aliphatic heterocycles. The van der Waals surface area contributed by atoms with Gasteiger partial charge in [-0.1, -0.05) is 55.8 Å². The summed E-state index contributed by atoms with van der Waals surface area (Å²) >= 11 is 6.16. The first kappa shape index (κ1) is 21.4. The molecule has 0 radical (unpaired) electrons. The van der Waals surface area contributed by atoms with E-state index in [1.807, 2.05) is 18.2 Å². The lowest BCUT2D eigenvalue weighted by Crippen LogP contribution is -2.58. The van der Waals surface area contributed by atoms with Crippen LogP contribution in [0.3, 0.4) is 0 Å². The van der Waals surface area contributed by atoms with Gasteiger partial charge in [0.05, 0.1) is 6.54 Å². The molecule has 2 aromatic rings. The number of para-hydroxylation sites is 1. The molecule has 4 heteroatoms. The van der Waals surface area contributed by atoms with Crippen LogP contribution in [0.5, 0.6) is 0 Å². The lowest BCUT2D eigenvalue weighted by molar-refractivity contribution is -0.121. The van der Waals surface area contributed by atoms with Gasteiger partial charge in [-0.05, 0) is 81.4 Å². The number of hydrogen-bond donors (Lipinski definition) is 0. The Labute approximate surface area is 186 Å². The minimum Gasteiger partial charge on any atom is -0.305 e. The molecule has 1 saturated heterocycles. The summed E-state index contributed by atoms with van der Waals surface area (Å²) in [5.41, 5.74) is 3.03. The van der Waals surface area contributed by atoms with Gasteiger partial charge in [0.2, 0.25) is 5.91 Å². The third kappa shape index (κ3) is 3.90. The van der Waals surface area contributed by atoms with E-state index in [4.69, 9.17) is 11.6 Å². The van der Waals surface area contributed by atoms with Gasteiger partial charge >= 0.3 is 0 Å². The number of anilines is 1. The molecule has 1 amide bonds. The molecule has 1 fully saturated rings. The van der Waals surface area contributed by atoms with Gasteiger partial charge < -0.3 is 4.90 Å². The zero-order valence-corrected chi connectivity index (χ0v) is 19.4. The molecule has 2 aromatic carbocycles. The van der Waals surface area contributed by atoms with E-state index in [0.29, 0.717) is 6.54 Å². The highest BCUT2D eigenvalue weighted by Crippen LogP contribution is 2.50. The van der Waals surface area contributed by atoms with Gasteiger partial charge in [0.1, 0.15) is 0 Å². The van der Waals surface area contributed by atoms with E-state index in [9.17, 15) is 4.79 Å². The summed E-state index contributed by atoms with van der Waals surface area (Å²) in [6.45, 7) is 11.5. The minimum absolute atomic E-state index is 0.179. The maximum atomic E-state index is 13.6. The quantitative estimate of drug-likeness (QED) is 0.612. The van der Waals surface area contributed by atoms with E-state index in [1.54, 1.807) is 0 Å². The predicted octanol–water partition coefficient (Wildman–Crippen LogP) is 5.89. The largest absolute Gasteiger partial charge is 0.305 e. The van der Waals surface area contributed by atoms with Crippen LogP contribution in [0.25, 0.3) is 0 Å². The Morgan fingerprint density at radius 2 is 1.67 bits per heavy atom. The Balaban J connectivity index is 1.70. The third-order valence-corrected chi connectivity index (χ3v) is 7.35. The zero-order chi connectivity index (χ0) is 21.5. The monoisotopic (exact) mass is 424 g/mol. The molecular weight excluding hydrogens is 392 g/mol. The van der Waals surface area contributed by atoms with E-state index in [-0.39, 0.29) is 16.9 Å². The highest BCUT2D eigenvalue weighted by atomic mass is 35.5. The van der Waals surface area contributed by atoms with Gasteiger partial charge in [-0.15, -0.1) is 0 Å². The van der Waals surface area contributed by atoms with Crippen LogP contribution in [0.15, 0.2) is 48.5 Å². The smallest absolute Gasteiger partial charge is 0.241 e. The van der Waals surface area contributed by atoms with E-state index in [1.165, 1.54) is 24.0 Å². The molecule has 1 unspecified atom stereocenters. The van der Waals surface area contributed by atoms with Crippen molar-refractivity contribution in [1.82, 2.24) is 4.90 Å². The average Bonchev–Trinajstić information content (AvgIpc) is 2.69. The van der Waals surface area contributed by atoms with Crippen LogP contribution in [-0.2, 0) is 10.2 Å². The van der Waals surface area contributed by atoms with E-state index in [2.05, 4.69) is 67.8 Å². The summed E-state index contributed by atoms with van der Waals surface area (Å²) in [5.74, 6) is 0.976. The van der Waals surface area contributed by atoms with Gasteiger partial charge in [0, 0.05) is 21.7 Å². The second-order valence-electron chi connectivity index (χ2n) is 10.0. The maximum absolute atomic E-state index is 13.6. The Bertz CT molecular complexity index is 915. The normalized spacial score (nSPS) is 24.5. The maximum Gasteiger partial charge on any atom is 0.241 e. The summed E-state index contributed by atoms with van der Waals surface area (Å²) in [4.78, 5) is 18.0. The average molecular weight is 425 g/mol. The first-order valence-electron chi connectivity index (χ1n) is 11.1. The SMILES string of the molecule is CC1CCN(CC(=O)N2c3ccccc3C(C)(c3ccc(Cl)cc3)CC2(C)C)CC1. The molecule has 0 bridgehead atoms. The molecule has 0 saturated carbocycles. The van der Waals surface area contributed by atoms with E-state index in [0.717, 1.165) is 36.1 Å². The molecule has 0 aliphatic carbocycles. The van der Waals surface area contributed by atoms with Gasteiger partial charge in [-0.3, -0.25) is 9.69 Å². The van der Waals surface area contributed by atoms with Gasteiger partial charge in [0.15, 0.2) is 0 Å². The highest BCUT2D eigenvalue weighted by Gasteiger charge is 2.47. The number of piperidine rings is 1. The van der Waals surface area contributed by atoms with Crippen molar-refractivity contribution in [1.29, 1.82) is 0 Å². The highest BCUT2D eigenvalue weighted by molar-refractivity contribution is 6.30. The number of carbonyl (C=O) groups is 1. The van der Waals surface area contributed by atoms with Crippen LogP contribution in [-0.4, -0.2) is 36.0 Å². The summed E-state index contributed by atoms with van der Waals surface area (Å²) in [5, 5.41) is 0.748. The fourth-order valence-corrected chi connectivity index (χ4v) is 5.66. The fourth-order valence-electron chi connectivity index (χ4n) is 5.53. The van der Waals surface area contributed by atoms with Crippen molar-refractivity contribution < 1.29 is 4.79 Å². The first-order valence-corrected chi connectivity index (χ1v) is 11.5. The van der Waals surface area contributed by atoms with E-state index < -0.39 is 0 Å². The standard InChI is InChI=1S/C26H33ClN2O/c1-19-13-15-28(16-14-19)17-24(30)29-23-8-6-5-7-22(23)26(4,18-25(29,2)3)20-9-11-21(27)12-10-20/h5-12,19H,13-18H2,1-4H3. The Morgan fingerprint density at radius 3 is 2.33 bits per heavy atom. The fraction of sp³-hybridized carbons (Fsp3) is 0.500. The molecule has 30 heavy (non-hydrogen) atoms. The predicted molar refractivity (Wildman–Crippen MR) is 125 cm³/mol. The molecule has 3 nitrogen and oxygen atoms in total. The van der Waals surface area contributed by atoms with E-state index >= 15 is 0 Å². The van der Waals surface area contributed by atoms with Gasteiger partial charge in [-0.2, -0.15) is 0 Å². The van der Waals surface area contributed by atoms with Crippen molar-refractivity contribution in [2.75, 3.05) is 24.5 Å². The van der Waals surface area contributed by atoms with Crippen LogP contribution in [0, 0.1) is 5.92 Å². The van der Waals surface area contributed by atoms with Crippen LogP contribution in [0.4, 0.5) is 5.69 Å². The summed E-state index contributed by atoms with van der Waals surface area (Å²) in [7, 11) is 0. The molecule has 0 N–H and O–H groups in total.